The zero-order chi connectivity index (χ0) is 34.5. The molecule has 3 atom stereocenters. The lowest BCUT2D eigenvalue weighted by Crippen LogP contribution is -2.49. The number of aliphatic hydroxyl groups excluding tert-OH is 1. The van der Waals surface area contributed by atoms with Crippen LogP contribution in [0.1, 0.15) is 35.3 Å². The third-order valence-electron chi connectivity index (χ3n) is 9.13. The minimum absolute atomic E-state index is 0.0183. The van der Waals surface area contributed by atoms with Gasteiger partial charge in [-0.3, -0.25) is 14.5 Å². The first-order valence-electron chi connectivity index (χ1n) is 16.7. The highest BCUT2D eigenvalue weighted by atomic mass is 16.5. The molecule has 49 heavy (non-hydrogen) atoms. The Labute approximate surface area is 287 Å². The van der Waals surface area contributed by atoms with Crippen molar-refractivity contribution >= 4 is 28.4 Å². The fourth-order valence-electron chi connectivity index (χ4n) is 6.43. The number of fused-ring (bicyclic) bond motifs is 2. The summed E-state index contributed by atoms with van der Waals surface area (Å²) in [5, 5.41) is 14.1. The summed E-state index contributed by atoms with van der Waals surface area (Å²) in [5.74, 6) is 1.59. The van der Waals surface area contributed by atoms with Crippen molar-refractivity contribution in [3.05, 3.63) is 120 Å². The monoisotopic (exact) mass is 660 g/mol. The van der Waals surface area contributed by atoms with Crippen molar-refractivity contribution in [2.24, 2.45) is 13.0 Å². The minimum atomic E-state index is -0.388. The summed E-state index contributed by atoms with van der Waals surface area (Å²) in [6, 6.07) is 30.6. The quantitative estimate of drug-likeness (QED) is 0.168. The van der Waals surface area contributed by atoms with E-state index in [9.17, 15) is 14.7 Å². The number of carbonyl (C=O) groups is 2. The van der Waals surface area contributed by atoms with Crippen molar-refractivity contribution in [3.8, 4) is 17.2 Å². The fraction of sp³-hybridized carbons (Fsp3) is 0.300. The molecule has 0 fully saturated rings. The molecule has 6 rings (SSSR count). The van der Waals surface area contributed by atoms with E-state index in [2.05, 4.69) is 36.3 Å². The van der Waals surface area contributed by atoms with Gasteiger partial charge < -0.3 is 29.4 Å². The van der Waals surface area contributed by atoms with Gasteiger partial charge in [0, 0.05) is 55.4 Å². The van der Waals surface area contributed by atoms with Crippen molar-refractivity contribution in [2.45, 2.75) is 39.0 Å². The number of aliphatic hydroxyl groups is 1. The summed E-state index contributed by atoms with van der Waals surface area (Å²) in [4.78, 5) is 31.0. The van der Waals surface area contributed by atoms with E-state index in [0.29, 0.717) is 36.6 Å². The van der Waals surface area contributed by atoms with Crippen molar-refractivity contribution in [3.63, 3.8) is 0 Å². The highest BCUT2D eigenvalue weighted by Gasteiger charge is 2.33. The number of amides is 2. The van der Waals surface area contributed by atoms with Gasteiger partial charge in [0.15, 0.2) is 0 Å². The summed E-state index contributed by atoms with van der Waals surface area (Å²) in [6.45, 7) is 5.48. The molecule has 9 nitrogen and oxygen atoms in total. The lowest BCUT2D eigenvalue weighted by Gasteiger charge is -2.38. The minimum Gasteiger partial charge on any atom is -0.488 e. The first-order chi connectivity index (χ1) is 23.7. The zero-order valence-corrected chi connectivity index (χ0v) is 28.5. The molecule has 0 bridgehead atoms. The summed E-state index contributed by atoms with van der Waals surface area (Å²) in [6.07, 6.45) is 1.94. The Kier molecular flexibility index (Phi) is 10.3. The number of likely N-dealkylation sites (N-methyl/N-ethyl adjacent to an activating group) is 1. The molecule has 0 unspecified atom stereocenters. The van der Waals surface area contributed by atoms with Gasteiger partial charge in [0.05, 0.1) is 24.6 Å². The normalized spacial score (nSPS) is 16.9. The van der Waals surface area contributed by atoms with Crippen LogP contribution in [0.2, 0.25) is 0 Å². The number of ether oxygens (including phenoxy) is 2. The molecule has 0 saturated carbocycles. The van der Waals surface area contributed by atoms with Gasteiger partial charge in [0.2, 0.25) is 5.91 Å². The molecule has 4 aromatic carbocycles. The van der Waals surface area contributed by atoms with E-state index in [1.54, 1.807) is 23.1 Å². The van der Waals surface area contributed by atoms with Gasteiger partial charge in [0.1, 0.15) is 23.4 Å². The standard InChI is InChI=1S/C40H44N4O5/c1-27-22-44(28(2)26-45)40(47)35-21-31(41-39(46)20-30-24-43(4)36-13-9-8-12-34(30)36)16-19-37(35)49-38(27)25-42(3)23-29-14-17-33(18-15-29)48-32-10-6-5-7-11-32/h5-19,21,24,27-28,38,45H,20,22-23,25-26H2,1-4H3,(H,41,46)/t27-,28+,38-/m1/s1. The molecule has 9 heteroatoms. The average Bonchev–Trinajstić information content (AvgIpc) is 3.41. The molecule has 0 spiro atoms. The second kappa shape index (κ2) is 15.0. The van der Waals surface area contributed by atoms with Crippen LogP contribution >= 0.6 is 0 Å². The highest BCUT2D eigenvalue weighted by molar-refractivity contribution is 6.00. The van der Waals surface area contributed by atoms with Crippen LogP contribution in [0.15, 0.2) is 103 Å². The maximum absolute atomic E-state index is 13.9. The number of carbonyl (C=O) groups excluding carboxylic acids is 2. The Balaban J connectivity index is 1.16. The topological polar surface area (TPSA) is 96.3 Å². The van der Waals surface area contributed by atoms with E-state index < -0.39 is 0 Å². The number of anilines is 1. The first kappa shape index (κ1) is 33.8. The summed E-state index contributed by atoms with van der Waals surface area (Å²) >= 11 is 0. The van der Waals surface area contributed by atoms with Crippen LogP contribution < -0.4 is 14.8 Å². The van der Waals surface area contributed by atoms with Crippen LogP contribution in [-0.4, -0.2) is 70.2 Å². The van der Waals surface area contributed by atoms with Gasteiger partial charge in [0.25, 0.3) is 5.91 Å². The molecule has 2 amide bonds. The largest absolute Gasteiger partial charge is 0.488 e. The van der Waals surface area contributed by atoms with Crippen molar-refractivity contribution < 1.29 is 24.2 Å². The third-order valence-corrected chi connectivity index (χ3v) is 9.13. The van der Waals surface area contributed by atoms with Crippen molar-refractivity contribution in [1.29, 1.82) is 0 Å². The van der Waals surface area contributed by atoms with Crippen LogP contribution in [0.3, 0.4) is 0 Å². The molecule has 1 aliphatic rings. The van der Waals surface area contributed by atoms with Crippen molar-refractivity contribution in [2.75, 3.05) is 32.1 Å². The molecular formula is C40H44N4O5. The maximum Gasteiger partial charge on any atom is 0.258 e. The number of rotatable bonds is 11. The molecule has 254 valence electrons. The Morgan fingerprint density at radius 2 is 1.73 bits per heavy atom. The second-order valence-corrected chi connectivity index (χ2v) is 13.1. The van der Waals surface area contributed by atoms with E-state index in [1.165, 1.54) is 0 Å². The molecule has 5 aromatic rings. The van der Waals surface area contributed by atoms with Crippen LogP contribution in [0.5, 0.6) is 17.2 Å². The van der Waals surface area contributed by atoms with E-state index in [1.807, 2.05) is 91.5 Å². The lowest BCUT2D eigenvalue weighted by atomic mass is 9.99. The van der Waals surface area contributed by atoms with Crippen LogP contribution in [0.4, 0.5) is 5.69 Å². The molecule has 1 aromatic heterocycles. The number of aryl methyl sites for hydroxylation is 1. The van der Waals surface area contributed by atoms with E-state index in [4.69, 9.17) is 9.47 Å². The fourth-order valence-corrected chi connectivity index (χ4v) is 6.43. The summed E-state index contributed by atoms with van der Waals surface area (Å²) in [7, 11) is 4.02. The molecule has 0 aliphatic carbocycles. The Bertz CT molecular complexity index is 1910. The molecule has 1 aliphatic heterocycles. The van der Waals surface area contributed by atoms with E-state index >= 15 is 0 Å². The van der Waals surface area contributed by atoms with Gasteiger partial charge in [-0.15, -0.1) is 0 Å². The number of benzene rings is 4. The Morgan fingerprint density at radius 3 is 2.49 bits per heavy atom. The lowest BCUT2D eigenvalue weighted by molar-refractivity contribution is -0.115. The van der Waals surface area contributed by atoms with E-state index in [-0.39, 0.29) is 42.9 Å². The molecule has 2 heterocycles. The second-order valence-electron chi connectivity index (χ2n) is 13.1. The van der Waals surface area contributed by atoms with E-state index in [0.717, 1.165) is 33.5 Å². The summed E-state index contributed by atoms with van der Waals surface area (Å²) < 4.78 is 14.6. The van der Waals surface area contributed by atoms with Gasteiger partial charge in [-0.05, 0) is 73.6 Å². The SMILES string of the molecule is C[C@@H]1CN([C@@H](C)CO)C(=O)c2cc(NC(=O)Cc3cn(C)c4ccccc34)ccc2O[C@@H]1CN(C)Cc1ccc(Oc2ccccc2)cc1. The smallest absolute Gasteiger partial charge is 0.258 e. The first-order valence-corrected chi connectivity index (χ1v) is 16.7. The maximum atomic E-state index is 13.9. The van der Waals surface area contributed by atoms with Gasteiger partial charge in [-0.25, -0.2) is 0 Å². The van der Waals surface area contributed by atoms with Crippen LogP contribution in [0, 0.1) is 5.92 Å². The average molecular weight is 661 g/mol. The number of hydrogen-bond acceptors (Lipinski definition) is 6. The van der Waals surface area contributed by atoms with Gasteiger partial charge >= 0.3 is 0 Å². The summed E-state index contributed by atoms with van der Waals surface area (Å²) in [5.41, 5.74) is 4.00. The predicted molar refractivity (Wildman–Crippen MR) is 192 cm³/mol. The number of aromatic nitrogens is 1. The van der Waals surface area contributed by atoms with Crippen molar-refractivity contribution in [1.82, 2.24) is 14.4 Å². The number of hydrogen-bond donors (Lipinski definition) is 2. The molecular weight excluding hydrogens is 616 g/mol. The predicted octanol–water partition coefficient (Wildman–Crippen LogP) is 6.50. The molecule has 0 radical (unpaired) electrons. The van der Waals surface area contributed by atoms with Crippen LogP contribution in [0.25, 0.3) is 10.9 Å². The third kappa shape index (κ3) is 7.96. The highest BCUT2D eigenvalue weighted by Crippen LogP contribution is 2.31. The zero-order valence-electron chi connectivity index (χ0n) is 28.5. The number of para-hydroxylation sites is 2. The number of nitrogens with zero attached hydrogens (tertiary/aromatic N) is 3. The number of nitrogens with one attached hydrogen (secondary N) is 1. The molecule has 2 N–H and O–H groups in total. The Hall–Kier alpha value is -5.12. The molecule has 0 saturated heterocycles. The van der Waals surface area contributed by atoms with Crippen LogP contribution in [-0.2, 0) is 24.8 Å². The Morgan fingerprint density at radius 1 is 1.02 bits per heavy atom. The van der Waals surface area contributed by atoms with Gasteiger partial charge in [-0.1, -0.05) is 55.5 Å². The van der Waals surface area contributed by atoms with Gasteiger partial charge in [-0.2, -0.15) is 0 Å².